The molecule has 2 aromatic carbocycles. The smallest absolute Gasteiger partial charge is 0.338 e. The van der Waals surface area contributed by atoms with Crippen molar-refractivity contribution >= 4 is 17.9 Å². The van der Waals surface area contributed by atoms with Crippen molar-refractivity contribution in [2.24, 2.45) is 0 Å². The number of urea groups is 1. The second kappa shape index (κ2) is 11.0. The van der Waals surface area contributed by atoms with Gasteiger partial charge in [0, 0.05) is 13.2 Å². The van der Waals surface area contributed by atoms with E-state index in [9.17, 15) is 14.4 Å². The Morgan fingerprint density at radius 2 is 1.80 bits per heavy atom. The first-order chi connectivity index (χ1) is 14.6. The van der Waals surface area contributed by atoms with E-state index in [4.69, 9.17) is 14.2 Å². The van der Waals surface area contributed by atoms with Gasteiger partial charge in [0.25, 0.3) is 5.91 Å². The van der Waals surface area contributed by atoms with Crippen molar-refractivity contribution in [2.75, 3.05) is 19.8 Å². The van der Waals surface area contributed by atoms with Crippen LogP contribution in [0.4, 0.5) is 4.79 Å². The van der Waals surface area contributed by atoms with Crippen LogP contribution in [0.15, 0.2) is 54.6 Å². The standard InChI is InChI=1S/C22H24N2O6/c25-20(24-22(27)23-13-16-5-2-1-3-6-16)15-30-21(26)17-8-10-18(11-9-17)29-14-19-7-4-12-28-19/h1-3,5-6,8-11,19H,4,7,12-15H2,(H2,23,24,25,27). The number of amides is 3. The fourth-order valence-corrected chi connectivity index (χ4v) is 2.85. The Labute approximate surface area is 174 Å². The molecule has 8 heteroatoms. The van der Waals surface area contributed by atoms with Gasteiger partial charge in [-0.3, -0.25) is 10.1 Å². The number of carbonyl (C=O) groups excluding carboxylic acids is 3. The number of rotatable bonds is 8. The zero-order valence-corrected chi connectivity index (χ0v) is 16.5. The maximum absolute atomic E-state index is 12.1. The van der Waals surface area contributed by atoms with Crippen molar-refractivity contribution in [3.05, 3.63) is 65.7 Å². The predicted molar refractivity (Wildman–Crippen MR) is 108 cm³/mol. The molecule has 1 aliphatic heterocycles. The first-order valence-electron chi connectivity index (χ1n) is 9.73. The summed E-state index contributed by atoms with van der Waals surface area (Å²) in [5.74, 6) is -0.763. The number of esters is 1. The van der Waals surface area contributed by atoms with E-state index in [0.29, 0.717) is 12.4 Å². The van der Waals surface area contributed by atoms with Gasteiger partial charge in [0.2, 0.25) is 0 Å². The minimum absolute atomic E-state index is 0.109. The highest BCUT2D eigenvalue weighted by molar-refractivity contribution is 5.97. The van der Waals surface area contributed by atoms with Gasteiger partial charge in [-0.25, -0.2) is 9.59 Å². The van der Waals surface area contributed by atoms with Gasteiger partial charge in [-0.15, -0.1) is 0 Å². The van der Waals surface area contributed by atoms with Crippen LogP contribution in [-0.2, 0) is 20.8 Å². The summed E-state index contributed by atoms with van der Waals surface area (Å²) in [6, 6.07) is 15.0. The summed E-state index contributed by atoms with van der Waals surface area (Å²) in [6.07, 6.45) is 2.13. The van der Waals surface area contributed by atoms with E-state index in [1.165, 1.54) is 0 Å². The molecular weight excluding hydrogens is 388 g/mol. The van der Waals surface area contributed by atoms with Crippen LogP contribution in [-0.4, -0.2) is 43.8 Å². The molecule has 3 amide bonds. The Morgan fingerprint density at radius 1 is 1.03 bits per heavy atom. The Bertz CT molecular complexity index is 848. The van der Waals surface area contributed by atoms with Crippen LogP contribution < -0.4 is 15.4 Å². The maximum Gasteiger partial charge on any atom is 0.338 e. The van der Waals surface area contributed by atoms with Crippen molar-refractivity contribution in [3.8, 4) is 5.75 Å². The van der Waals surface area contributed by atoms with Crippen molar-refractivity contribution in [1.29, 1.82) is 0 Å². The maximum atomic E-state index is 12.1. The zero-order valence-electron chi connectivity index (χ0n) is 16.5. The molecule has 1 atom stereocenters. The normalized spacial score (nSPS) is 15.3. The van der Waals surface area contributed by atoms with Gasteiger partial charge in [0.05, 0.1) is 11.7 Å². The van der Waals surface area contributed by atoms with Gasteiger partial charge in [0.1, 0.15) is 12.4 Å². The SMILES string of the molecule is O=C(COC(=O)c1ccc(OCC2CCCO2)cc1)NC(=O)NCc1ccccc1. The quantitative estimate of drug-likeness (QED) is 0.646. The van der Waals surface area contributed by atoms with Gasteiger partial charge in [-0.05, 0) is 42.7 Å². The number of hydrogen-bond donors (Lipinski definition) is 2. The molecular formula is C22H24N2O6. The van der Waals surface area contributed by atoms with Gasteiger partial charge in [-0.1, -0.05) is 30.3 Å². The summed E-state index contributed by atoms with van der Waals surface area (Å²) >= 11 is 0. The van der Waals surface area contributed by atoms with Crippen LogP contribution in [0.3, 0.4) is 0 Å². The van der Waals surface area contributed by atoms with E-state index < -0.39 is 24.5 Å². The summed E-state index contributed by atoms with van der Waals surface area (Å²) in [7, 11) is 0. The molecule has 158 valence electrons. The molecule has 0 aliphatic carbocycles. The molecule has 0 bridgehead atoms. The lowest BCUT2D eigenvalue weighted by atomic mass is 10.2. The van der Waals surface area contributed by atoms with Crippen molar-refractivity contribution in [3.63, 3.8) is 0 Å². The fourth-order valence-electron chi connectivity index (χ4n) is 2.85. The Hall–Kier alpha value is -3.39. The number of imide groups is 1. The highest BCUT2D eigenvalue weighted by Crippen LogP contribution is 2.17. The average Bonchev–Trinajstić information content (AvgIpc) is 3.29. The molecule has 0 spiro atoms. The van der Waals surface area contributed by atoms with Gasteiger partial charge >= 0.3 is 12.0 Å². The molecule has 3 rings (SSSR count). The third kappa shape index (κ3) is 6.89. The lowest BCUT2D eigenvalue weighted by Gasteiger charge is -2.11. The van der Waals surface area contributed by atoms with Gasteiger partial charge in [-0.2, -0.15) is 0 Å². The molecule has 0 radical (unpaired) electrons. The third-order valence-electron chi connectivity index (χ3n) is 4.43. The van der Waals surface area contributed by atoms with E-state index in [1.54, 1.807) is 24.3 Å². The first-order valence-corrected chi connectivity index (χ1v) is 9.73. The molecule has 1 fully saturated rings. The molecule has 1 aliphatic rings. The first kappa shape index (κ1) is 21.3. The largest absolute Gasteiger partial charge is 0.491 e. The summed E-state index contributed by atoms with van der Waals surface area (Å²) in [4.78, 5) is 35.6. The minimum atomic E-state index is -0.717. The van der Waals surface area contributed by atoms with E-state index >= 15 is 0 Å². The van der Waals surface area contributed by atoms with Crippen LogP contribution in [0.2, 0.25) is 0 Å². The topological polar surface area (TPSA) is 103 Å². The zero-order chi connectivity index (χ0) is 21.2. The highest BCUT2D eigenvalue weighted by Gasteiger charge is 2.16. The van der Waals surface area contributed by atoms with Gasteiger partial charge < -0.3 is 19.5 Å². The molecule has 1 saturated heterocycles. The number of nitrogens with one attached hydrogen (secondary N) is 2. The number of carbonyl (C=O) groups is 3. The monoisotopic (exact) mass is 412 g/mol. The molecule has 0 saturated carbocycles. The van der Waals surface area contributed by atoms with E-state index in [-0.39, 0.29) is 18.2 Å². The van der Waals surface area contributed by atoms with Crippen LogP contribution in [0.25, 0.3) is 0 Å². The lowest BCUT2D eigenvalue weighted by molar-refractivity contribution is -0.123. The number of ether oxygens (including phenoxy) is 3. The Kier molecular flexibility index (Phi) is 7.79. The van der Waals surface area contributed by atoms with Crippen molar-refractivity contribution in [2.45, 2.75) is 25.5 Å². The predicted octanol–water partition coefficient (Wildman–Crippen LogP) is 2.43. The number of hydrogen-bond acceptors (Lipinski definition) is 6. The molecule has 2 aromatic rings. The van der Waals surface area contributed by atoms with Crippen LogP contribution in [0.1, 0.15) is 28.8 Å². The Balaban J connectivity index is 1.35. The second-order valence-electron chi connectivity index (χ2n) is 6.76. The van der Waals surface area contributed by atoms with Crippen LogP contribution >= 0.6 is 0 Å². The van der Waals surface area contributed by atoms with E-state index in [1.807, 2.05) is 30.3 Å². The van der Waals surface area contributed by atoms with E-state index in [0.717, 1.165) is 25.0 Å². The van der Waals surface area contributed by atoms with Crippen LogP contribution in [0, 0.1) is 0 Å². The minimum Gasteiger partial charge on any atom is -0.491 e. The molecule has 1 heterocycles. The molecule has 0 aromatic heterocycles. The molecule has 8 nitrogen and oxygen atoms in total. The van der Waals surface area contributed by atoms with Crippen molar-refractivity contribution < 1.29 is 28.6 Å². The van der Waals surface area contributed by atoms with E-state index in [2.05, 4.69) is 10.6 Å². The number of benzene rings is 2. The fraction of sp³-hybridized carbons (Fsp3) is 0.318. The van der Waals surface area contributed by atoms with Crippen LogP contribution in [0.5, 0.6) is 5.75 Å². The summed E-state index contributed by atoms with van der Waals surface area (Å²) in [5, 5.41) is 4.66. The van der Waals surface area contributed by atoms with Gasteiger partial charge in [0.15, 0.2) is 6.61 Å². The Morgan fingerprint density at radius 3 is 2.50 bits per heavy atom. The summed E-state index contributed by atoms with van der Waals surface area (Å²) < 4.78 is 16.1. The highest BCUT2D eigenvalue weighted by atomic mass is 16.5. The summed E-state index contributed by atoms with van der Waals surface area (Å²) in [6.45, 7) is 0.952. The van der Waals surface area contributed by atoms with Crippen molar-refractivity contribution in [1.82, 2.24) is 10.6 Å². The molecule has 30 heavy (non-hydrogen) atoms. The lowest BCUT2D eigenvalue weighted by Crippen LogP contribution is -2.41. The summed E-state index contributed by atoms with van der Waals surface area (Å²) in [5.41, 5.74) is 1.18. The molecule has 2 N–H and O–H groups in total. The second-order valence-corrected chi connectivity index (χ2v) is 6.76. The average molecular weight is 412 g/mol. The third-order valence-corrected chi connectivity index (χ3v) is 4.43. The molecule has 1 unspecified atom stereocenters.